The molecule has 3 aromatic heterocycles. The Hall–Kier alpha value is -4.97. The molecule has 0 spiro atoms. The molecule has 0 aliphatic rings. The Morgan fingerprint density at radius 1 is 0.758 bits per heavy atom. The van der Waals surface area contributed by atoms with Crippen molar-refractivity contribution < 1.29 is 27.0 Å². The van der Waals surface area contributed by atoms with Gasteiger partial charge in [-0.3, -0.25) is 4.98 Å². The molecular formula is C56H57IrN3SSi-2. The number of pyridine rings is 1. The average molecular weight is 1030 g/mol. The van der Waals surface area contributed by atoms with Crippen molar-refractivity contribution in [1.29, 1.82) is 0 Å². The number of aromatic nitrogens is 3. The largest absolute Gasteiger partial charge is 0.333 e. The minimum Gasteiger partial charge on any atom is -0.333 e. The molecule has 0 N–H and O–H groups in total. The predicted octanol–water partition coefficient (Wildman–Crippen LogP) is 15.4. The normalized spacial score (nSPS) is 13.4. The molecular weight excluding hydrogens is 967 g/mol. The molecule has 0 fully saturated rings. The summed E-state index contributed by atoms with van der Waals surface area (Å²) in [5.74, 6) is 1.44. The Morgan fingerprint density at radius 3 is 2.11 bits per heavy atom. The Kier molecular flexibility index (Phi) is 11.7. The molecule has 6 aromatic carbocycles. The van der Waals surface area contributed by atoms with E-state index in [1.54, 1.807) is 18.3 Å². The summed E-state index contributed by atoms with van der Waals surface area (Å²) in [6, 6.07) is 50.1. The molecule has 0 bridgehead atoms. The summed E-state index contributed by atoms with van der Waals surface area (Å²) in [6.07, 6.45) is 0.328. The number of nitrogens with zero attached hydrogens (tertiary/aromatic N) is 3. The first-order valence-corrected chi connectivity index (χ1v) is 25.6. The van der Waals surface area contributed by atoms with Crippen molar-refractivity contribution in [2.45, 2.75) is 86.2 Å². The maximum atomic E-state index is 8.59. The molecule has 0 saturated carbocycles. The Bertz CT molecular complexity index is 3160. The van der Waals surface area contributed by atoms with Crippen LogP contribution in [0, 0.1) is 24.9 Å². The zero-order valence-electron chi connectivity index (χ0n) is 42.0. The van der Waals surface area contributed by atoms with E-state index in [0.717, 1.165) is 27.6 Å². The van der Waals surface area contributed by atoms with Crippen LogP contribution >= 0.6 is 11.3 Å². The second-order valence-corrected chi connectivity index (χ2v) is 23.9. The van der Waals surface area contributed by atoms with Crippen LogP contribution in [-0.4, -0.2) is 22.6 Å². The number of fused-ring (bicyclic) bond motifs is 4. The molecule has 0 aliphatic carbocycles. The standard InChI is InChI=1S/C37H31N2S.C19H26NSi.Ir/c1-23(2)30-21-26(25-13-6-5-7-14-25)22-31(24(3)4)35(30)39-33-19-10-9-18-32(33)38-37(39)29-17-12-16-28-27-15-8-11-20-34(27)40-36(28)29;1-14(2)11-17-12-18(16-9-7-15(3)8-10-16)20-13-19(17)21(4,5)6;/h5-16,18-24H,1-4H3;7-9,12-14H,11H2,1-6H3;/q2*-1;/i;3D3,11D2;. The number of hydrogen-bond acceptors (Lipinski definition) is 3. The smallest absolute Gasteiger partial charge is 0.0798 e. The van der Waals surface area contributed by atoms with Crippen molar-refractivity contribution in [3.05, 3.63) is 168 Å². The number of imidazole rings is 1. The molecule has 317 valence electrons. The van der Waals surface area contributed by atoms with Gasteiger partial charge in [0.25, 0.3) is 0 Å². The predicted molar refractivity (Wildman–Crippen MR) is 267 cm³/mol. The third-order valence-corrected chi connectivity index (χ3v) is 14.3. The van der Waals surface area contributed by atoms with E-state index in [2.05, 4.69) is 172 Å². The number of hydrogen-bond donors (Lipinski definition) is 0. The van der Waals surface area contributed by atoms with Crippen molar-refractivity contribution in [2.24, 2.45) is 5.92 Å². The summed E-state index contributed by atoms with van der Waals surface area (Å²) < 4.78 is 44.5. The van der Waals surface area contributed by atoms with E-state index in [1.807, 2.05) is 31.3 Å². The zero-order chi connectivity index (χ0) is 47.3. The van der Waals surface area contributed by atoms with Gasteiger partial charge in [-0.1, -0.05) is 151 Å². The first-order chi connectivity index (χ1) is 31.3. The van der Waals surface area contributed by atoms with E-state index in [9.17, 15) is 0 Å². The molecule has 3 nitrogen and oxygen atoms in total. The SMILES string of the molecule is CC(C)c1cc(-c2ccccc2)cc(C(C)C)c1-n1c(-c2[c-]ccc3c2sc2ccccc23)nc2ccccc21.[2H]C([2H])([2H])c1c[c-]c(-c2cc(C([2H])([2H])C(C)C)c([Si](C)(C)C)cn2)cc1.[Ir]. The quantitative estimate of drug-likeness (QED) is 0.107. The van der Waals surface area contributed by atoms with Crippen molar-refractivity contribution in [1.82, 2.24) is 14.5 Å². The minimum atomic E-state index is -2.16. The third-order valence-electron chi connectivity index (χ3n) is 11.1. The van der Waals surface area contributed by atoms with Gasteiger partial charge in [0, 0.05) is 43.5 Å². The molecule has 62 heavy (non-hydrogen) atoms. The summed E-state index contributed by atoms with van der Waals surface area (Å²) in [4.78, 5) is 9.84. The van der Waals surface area contributed by atoms with Gasteiger partial charge < -0.3 is 9.55 Å². The van der Waals surface area contributed by atoms with E-state index in [0.29, 0.717) is 28.7 Å². The molecule has 0 saturated heterocycles. The molecule has 0 unspecified atom stereocenters. The first kappa shape index (κ1) is 38.7. The fraction of sp³-hybridized carbons (Fsp3) is 0.250. The summed E-state index contributed by atoms with van der Waals surface area (Å²) in [5, 5.41) is 3.57. The molecule has 0 aliphatic heterocycles. The van der Waals surface area contributed by atoms with Gasteiger partial charge in [0.15, 0.2) is 0 Å². The first-order valence-electron chi connectivity index (χ1n) is 23.8. The monoisotopic (exact) mass is 1030 g/mol. The van der Waals surface area contributed by atoms with Crippen LogP contribution < -0.4 is 5.19 Å². The van der Waals surface area contributed by atoms with Gasteiger partial charge in [-0.2, -0.15) is 11.3 Å². The van der Waals surface area contributed by atoms with Crippen LogP contribution in [0.15, 0.2) is 134 Å². The van der Waals surface area contributed by atoms with E-state index in [1.165, 1.54) is 54.2 Å². The van der Waals surface area contributed by atoms with Crippen LogP contribution in [0.3, 0.4) is 0 Å². The van der Waals surface area contributed by atoms with Gasteiger partial charge >= 0.3 is 0 Å². The zero-order valence-corrected chi connectivity index (χ0v) is 41.2. The molecule has 6 heteroatoms. The van der Waals surface area contributed by atoms with Crippen molar-refractivity contribution in [3.63, 3.8) is 0 Å². The number of para-hydroxylation sites is 2. The Balaban J connectivity index is 0.000000216. The molecule has 0 atom stereocenters. The van der Waals surface area contributed by atoms with Crippen LogP contribution in [0.5, 0.6) is 0 Å². The van der Waals surface area contributed by atoms with Crippen LogP contribution in [0.1, 0.15) is 82.5 Å². The molecule has 9 rings (SSSR count). The van der Waals surface area contributed by atoms with Crippen molar-refractivity contribution in [3.8, 4) is 39.5 Å². The maximum absolute atomic E-state index is 8.59. The van der Waals surface area contributed by atoms with E-state index >= 15 is 0 Å². The number of thiophene rings is 1. The fourth-order valence-corrected chi connectivity index (χ4v) is 10.7. The second-order valence-electron chi connectivity index (χ2n) is 17.8. The van der Waals surface area contributed by atoms with Crippen LogP contribution in [0.2, 0.25) is 19.6 Å². The molecule has 9 aromatic rings. The number of aryl methyl sites for hydroxylation is 1. The van der Waals surface area contributed by atoms with Crippen molar-refractivity contribution in [2.75, 3.05) is 0 Å². The fourth-order valence-electron chi connectivity index (χ4n) is 8.11. The summed E-state index contributed by atoms with van der Waals surface area (Å²) >= 11 is 1.83. The average Bonchev–Trinajstić information content (AvgIpc) is 3.87. The van der Waals surface area contributed by atoms with Crippen LogP contribution in [-0.2, 0) is 26.5 Å². The number of benzene rings is 6. The van der Waals surface area contributed by atoms with Crippen LogP contribution in [0.4, 0.5) is 0 Å². The molecule has 3 heterocycles. The van der Waals surface area contributed by atoms with E-state index in [4.69, 9.17) is 11.8 Å². The van der Waals surface area contributed by atoms with E-state index in [-0.39, 0.29) is 31.6 Å². The van der Waals surface area contributed by atoms with E-state index < -0.39 is 21.3 Å². The van der Waals surface area contributed by atoms with Gasteiger partial charge in [-0.15, -0.1) is 53.6 Å². The molecule has 1 radical (unpaired) electrons. The minimum absolute atomic E-state index is 0. The second kappa shape index (κ2) is 18.8. The molecule has 0 amide bonds. The van der Waals surface area contributed by atoms with Gasteiger partial charge in [0.2, 0.25) is 0 Å². The maximum Gasteiger partial charge on any atom is 0.0798 e. The topological polar surface area (TPSA) is 30.7 Å². The van der Waals surface area contributed by atoms with Gasteiger partial charge in [0.1, 0.15) is 0 Å². The summed E-state index contributed by atoms with van der Waals surface area (Å²) in [5.41, 5.74) is 11.8. The Morgan fingerprint density at radius 2 is 1.45 bits per heavy atom. The Labute approximate surface area is 394 Å². The van der Waals surface area contributed by atoms with Gasteiger partial charge in [-0.25, -0.2) is 0 Å². The van der Waals surface area contributed by atoms with Gasteiger partial charge in [-0.05, 0) is 97.7 Å². The third kappa shape index (κ3) is 9.21. The summed E-state index contributed by atoms with van der Waals surface area (Å²) in [6.45, 7) is 17.3. The van der Waals surface area contributed by atoms with Crippen molar-refractivity contribution >= 4 is 55.8 Å². The number of rotatable bonds is 9. The van der Waals surface area contributed by atoms with Crippen LogP contribution in [0.25, 0.3) is 70.7 Å². The summed E-state index contributed by atoms with van der Waals surface area (Å²) in [7, 11) is -1.78. The van der Waals surface area contributed by atoms with Gasteiger partial charge in [0.05, 0.1) is 24.9 Å².